The number of halogens is 1. The molecule has 0 saturated carbocycles. The topological polar surface area (TPSA) is 55.6 Å². The number of nitrogens with two attached hydrogens (primary N) is 1. The van der Waals surface area contributed by atoms with Crippen molar-refractivity contribution in [2.24, 2.45) is 11.7 Å². The predicted molar refractivity (Wildman–Crippen MR) is 71.0 cm³/mol. The lowest BCUT2D eigenvalue weighted by atomic mass is 9.94. The normalized spacial score (nSPS) is 19.5. The Bertz CT molecular complexity index is 502. The monoisotopic (exact) mass is 264 g/mol. The molecule has 5 heteroatoms. The van der Waals surface area contributed by atoms with Gasteiger partial charge in [0.05, 0.1) is 12.0 Å². The van der Waals surface area contributed by atoms with E-state index >= 15 is 0 Å². The lowest BCUT2D eigenvalue weighted by Crippen LogP contribution is -2.40. The zero-order valence-electron chi connectivity index (χ0n) is 10.8. The van der Waals surface area contributed by atoms with Gasteiger partial charge in [-0.05, 0) is 23.6 Å². The van der Waals surface area contributed by atoms with Gasteiger partial charge >= 0.3 is 0 Å². The van der Waals surface area contributed by atoms with Crippen LogP contribution in [0.15, 0.2) is 36.2 Å². The van der Waals surface area contributed by atoms with Crippen LogP contribution in [-0.2, 0) is 16.1 Å². The lowest BCUT2D eigenvalue weighted by molar-refractivity contribution is -0.129. The first-order valence-electron chi connectivity index (χ1n) is 6.20. The largest absolute Gasteiger partial charge is 0.327 e. The standard InChI is InChI=1S/C14H17FN2O2/c1-10-6-12-4-2-3-5-13(12)17(14(10)18)19-9-11(7-15)8-16/h2-5,7,10H,6,8-9,16H2,1H3/b11-7+. The number of anilines is 1. The maximum atomic E-state index is 12.5. The maximum Gasteiger partial charge on any atom is 0.254 e. The molecule has 1 heterocycles. The first-order valence-corrected chi connectivity index (χ1v) is 6.20. The number of benzene rings is 1. The van der Waals surface area contributed by atoms with Crippen LogP contribution in [0, 0.1) is 5.92 Å². The molecule has 0 radical (unpaired) electrons. The molecule has 0 bridgehead atoms. The summed E-state index contributed by atoms with van der Waals surface area (Å²) in [5.74, 6) is -0.264. The smallest absolute Gasteiger partial charge is 0.254 e. The van der Waals surface area contributed by atoms with Gasteiger partial charge in [0.2, 0.25) is 0 Å². The number of para-hydroxylation sites is 1. The van der Waals surface area contributed by atoms with E-state index in [1.54, 1.807) is 0 Å². The van der Waals surface area contributed by atoms with Crippen molar-refractivity contribution in [1.29, 1.82) is 0 Å². The molecule has 0 fully saturated rings. The Morgan fingerprint density at radius 2 is 2.32 bits per heavy atom. The van der Waals surface area contributed by atoms with Gasteiger partial charge in [-0.25, -0.2) is 4.39 Å². The predicted octanol–water partition coefficient (Wildman–Crippen LogP) is 1.96. The van der Waals surface area contributed by atoms with Crippen molar-refractivity contribution in [3.8, 4) is 0 Å². The molecular formula is C14H17FN2O2. The van der Waals surface area contributed by atoms with Gasteiger partial charge in [-0.1, -0.05) is 25.1 Å². The highest BCUT2D eigenvalue weighted by molar-refractivity contribution is 5.96. The van der Waals surface area contributed by atoms with Gasteiger partial charge in [0.15, 0.2) is 0 Å². The van der Waals surface area contributed by atoms with Crippen molar-refractivity contribution >= 4 is 11.6 Å². The third-order valence-corrected chi connectivity index (χ3v) is 3.15. The highest BCUT2D eigenvalue weighted by Gasteiger charge is 2.30. The maximum absolute atomic E-state index is 12.5. The van der Waals surface area contributed by atoms with Crippen LogP contribution < -0.4 is 10.8 Å². The Morgan fingerprint density at radius 3 is 3.00 bits per heavy atom. The number of hydrogen-bond acceptors (Lipinski definition) is 3. The highest BCUT2D eigenvalue weighted by atomic mass is 19.1. The Hall–Kier alpha value is -1.72. The van der Waals surface area contributed by atoms with E-state index in [-0.39, 0.29) is 25.0 Å². The number of fused-ring (bicyclic) bond motifs is 1. The van der Waals surface area contributed by atoms with Crippen molar-refractivity contribution in [1.82, 2.24) is 0 Å². The second-order valence-corrected chi connectivity index (χ2v) is 4.61. The zero-order chi connectivity index (χ0) is 13.8. The van der Waals surface area contributed by atoms with E-state index < -0.39 is 0 Å². The number of hydroxylamine groups is 1. The van der Waals surface area contributed by atoms with Crippen LogP contribution in [-0.4, -0.2) is 19.1 Å². The lowest BCUT2D eigenvalue weighted by Gasteiger charge is -2.31. The molecular weight excluding hydrogens is 247 g/mol. The third-order valence-electron chi connectivity index (χ3n) is 3.15. The van der Waals surface area contributed by atoms with E-state index in [4.69, 9.17) is 10.6 Å². The third kappa shape index (κ3) is 2.83. The summed E-state index contributed by atoms with van der Waals surface area (Å²) in [4.78, 5) is 17.6. The summed E-state index contributed by atoms with van der Waals surface area (Å²) >= 11 is 0. The van der Waals surface area contributed by atoms with Crippen LogP contribution in [0.4, 0.5) is 10.1 Å². The van der Waals surface area contributed by atoms with Gasteiger partial charge in [0, 0.05) is 12.5 Å². The minimum atomic E-state index is -0.148. The first-order chi connectivity index (χ1) is 9.17. The first kappa shape index (κ1) is 13.7. The summed E-state index contributed by atoms with van der Waals surface area (Å²) in [6.07, 6.45) is 1.11. The minimum absolute atomic E-state index is 0.0280. The molecule has 1 aliphatic heterocycles. The molecule has 1 aromatic carbocycles. The van der Waals surface area contributed by atoms with Crippen LogP contribution in [0.5, 0.6) is 0 Å². The minimum Gasteiger partial charge on any atom is -0.327 e. The average Bonchev–Trinajstić information content (AvgIpc) is 2.43. The Morgan fingerprint density at radius 1 is 1.58 bits per heavy atom. The van der Waals surface area contributed by atoms with Crippen molar-refractivity contribution in [2.45, 2.75) is 13.3 Å². The Kier molecular flexibility index (Phi) is 4.29. The molecule has 19 heavy (non-hydrogen) atoms. The van der Waals surface area contributed by atoms with Crippen LogP contribution in [0.2, 0.25) is 0 Å². The molecule has 1 unspecified atom stereocenters. The summed E-state index contributed by atoms with van der Waals surface area (Å²) in [5, 5.41) is 1.25. The zero-order valence-corrected chi connectivity index (χ0v) is 10.8. The molecule has 1 aliphatic rings. The van der Waals surface area contributed by atoms with Crippen LogP contribution in [0.3, 0.4) is 0 Å². The SMILES string of the molecule is CC1Cc2ccccc2N(OC/C(=C/F)CN)C1=O. The van der Waals surface area contributed by atoms with E-state index in [9.17, 15) is 9.18 Å². The van der Waals surface area contributed by atoms with Crippen molar-refractivity contribution in [3.63, 3.8) is 0 Å². The van der Waals surface area contributed by atoms with Crippen LogP contribution in [0.1, 0.15) is 12.5 Å². The summed E-state index contributed by atoms with van der Waals surface area (Å²) in [5.41, 5.74) is 7.44. The Balaban J connectivity index is 2.21. The molecule has 0 aromatic heterocycles. The van der Waals surface area contributed by atoms with Gasteiger partial charge in [0.1, 0.15) is 6.61 Å². The van der Waals surface area contributed by atoms with Crippen LogP contribution >= 0.6 is 0 Å². The number of amides is 1. The number of carbonyl (C=O) groups is 1. The number of rotatable bonds is 4. The van der Waals surface area contributed by atoms with Gasteiger partial charge in [-0.2, -0.15) is 5.06 Å². The van der Waals surface area contributed by atoms with Crippen LogP contribution in [0.25, 0.3) is 0 Å². The van der Waals surface area contributed by atoms with E-state index in [0.29, 0.717) is 18.3 Å². The van der Waals surface area contributed by atoms with Gasteiger partial charge in [0.25, 0.3) is 5.91 Å². The summed E-state index contributed by atoms with van der Waals surface area (Å²) in [6.45, 7) is 1.89. The van der Waals surface area contributed by atoms with E-state index in [1.807, 2.05) is 31.2 Å². The molecule has 1 amide bonds. The summed E-state index contributed by atoms with van der Waals surface area (Å²) in [6, 6.07) is 7.55. The molecule has 0 aliphatic carbocycles. The molecule has 0 spiro atoms. The summed E-state index contributed by atoms with van der Waals surface area (Å²) < 4.78 is 12.5. The fraction of sp³-hybridized carbons (Fsp3) is 0.357. The summed E-state index contributed by atoms with van der Waals surface area (Å²) in [7, 11) is 0. The molecule has 102 valence electrons. The van der Waals surface area contributed by atoms with E-state index in [0.717, 1.165) is 11.3 Å². The fourth-order valence-corrected chi connectivity index (χ4v) is 2.03. The molecule has 4 nitrogen and oxygen atoms in total. The van der Waals surface area contributed by atoms with Gasteiger partial charge in [-0.3, -0.25) is 9.63 Å². The average molecular weight is 264 g/mol. The van der Waals surface area contributed by atoms with E-state index in [1.165, 1.54) is 5.06 Å². The van der Waals surface area contributed by atoms with E-state index in [2.05, 4.69) is 0 Å². The molecule has 2 N–H and O–H groups in total. The Labute approximate surface area is 111 Å². The number of nitrogens with zero attached hydrogens (tertiary/aromatic N) is 1. The number of carbonyl (C=O) groups excluding carboxylic acids is 1. The number of hydrogen-bond donors (Lipinski definition) is 1. The van der Waals surface area contributed by atoms with Gasteiger partial charge < -0.3 is 5.73 Å². The fourth-order valence-electron chi connectivity index (χ4n) is 2.03. The quantitative estimate of drug-likeness (QED) is 0.904. The van der Waals surface area contributed by atoms with Crippen molar-refractivity contribution in [2.75, 3.05) is 18.2 Å². The van der Waals surface area contributed by atoms with Crippen molar-refractivity contribution in [3.05, 3.63) is 41.7 Å². The van der Waals surface area contributed by atoms with Gasteiger partial charge in [-0.15, -0.1) is 0 Å². The second kappa shape index (κ2) is 5.95. The van der Waals surface area contributed by atoms with Crippen molar-refractivity contribution < 1.29 is 14.0 Å². The molecule has 1 aromatic rings. The molecule has 1 atom stereocenters. The second-order valence-electron chi connectivity index (χ2n) is 4.61. The highest BCUT2D eigenvalue weighted by Crippen LogP contribution is 2.30. The molecule has 2 rings (SSSR count). The molecule has 0 saturated heterocycles.